The Balaban J connectivity index is 1.87. The lowest BCUT2D eigenvalue weighted by Crippen LogP contribution is -2.50. The second-order valence-electron chi connectivity index (χ2n) is 7.28. The van der Waals surface area contributed by atoms with Crippen molar-refractivity contribution in [3.8, 4) is 0 Å². The molecule has 1 aromatic heterocycles. The maximum atomic E-state index is 11.9. The molecular weight excluding hydrogens is 266 g/mol. The van der Waals surface area contributed by atoms with Crippen LogP contribution in [0.15, 0.2) is 12.5 Å². The number of rotatable bonds is 4. The highest BCUT2D eigenvalue weighted by molar-refractivity contribution is 5.69. The number of hydrogen-bond donors (Lipinski definition) is 0. The summed E-state index contributed by atoms with van der Waals surface area (Å²) in [6.07, 6.45) is 4.75. The molecule has 1 aliphatic rings. The van der Waals surface area contributed by atoms with Crippen LogP contribution in [0, 0.1) is 5.92 Å². The van der Waals surface area contributed by atoms with Crippen LogP contribution in [0.4, 0.5) is 4.79 Å². The molecule has 0 unspecified atom stereocenters. The Labute approximate surface area is 127 Å². The first kappa shape index (κ1) is 15.9. The van der Waals surface area contributed by atoms with Crippen molar-refractivity contribution in [3.63, 3.8) is 0 Å². The van der Waals surface area contributed by atoms with E-state index in [1.807, 2.05) is 33.3 Å². The highest BCUT2D eigenvalue weighted by Gasteiger charge is 2.36. The standard InChI is InChI=1S/C16H27N3O2/c1-12(2)6-7-18-11-17-8-14(18)13-9-19(10-13)15(20)21-16(3,4)5/h8,11-13H,6-7,9-10H2,1-5H3. The summed E-state index contributed by atoms with van der Waals surface area (Å²) in [5, 5.41) is 0. The number of aryl methyl sites for hydroxylation is 1. The van der Waals surface area contributed by atoms with Gasteiger partial charge in [0.05, 0.1) is 6.33 Å². The molecule has 2 rings (SSSR count). The summed E-state index contributed by atoms with van der Waals surface area (Å²) in [7, 11) is 0. The number of carbonyl (C=O) groups excluding carboxylic acids is 1. The summed E-state index contributed by atoms with van der Waals surface area (Å²) in [6.45, 7) is 12.6. The van der Waals surface area contributed by atoms with Crippen molar-refractivity contribution in [1.29, 1.82) is 0 Å². The van der Waals surface area contributed by atoms with Crippen LogP contribution in [-0.4, -0.2) is 39.2 Å². The van der Waals surface area contributed by atoms with Gasteiger partial charge in [-0.05, 0) is 33.1 Å². The minimum Gasteiger partial charge on any atom is -0.444 e. The predicted molar refractivity (Wildman–Crippen MR) is 82.2 cm³/mol. The maximum absolute atomic E-state index is 11.9. The molecule has 0 bridgehead atoms. The molecule has 1 amide bonds. The number of aromatic nitrogens is 2. The number of ether oxygens (including phenoxy) is 1. The summed E-state index contributed by atoms with van der Waals surface area (Å²) >= 11 is 0. The zero-order valence-corrected chi connectivity index (χ0v) is 13.8. The molecule has 5 nitrogen and oxygen atoms in total. The van der Waals surface area contributed by atoms with E-state index in [2.05, 4.69) is 23.4 Å². The van der Waals surface area contributed by atoms with Crippen LogP contribution in [0.2, 0.25) is 0 Å². The molecule has 21 heavy (non-hydrogen) atoms. The Hall–Kier alpha value is -1.52. The lowest BCUT2D eigenvalue weighted by Gasteiger charge is -2.40. The summed E-state index contributed by atoms with van der Waals surface area (Å²) in [5.41, 5.74) is 0.803. The van der Waals surface area contributed by atoms with Crippen molar-refractivity contribution in [2.24, 2.45) is 5.92 Å². The van der Waals surface area contributed by atoms with Crippen LogP contribution < -0.4 is 0 Å². The quantitative estimate of drug-likeness (QED) is 0.856. The largest absolute Gasteiger partial charge is 0.444 e. The molecule has 2 heterocycles. The highest BCUT2D eigenvalue weighted by atomic mass is 16.6. The van der Waals surface area contributed by atoms with Gasteiger partial charge in [-0.15, -0.1) is 0 Å². The van der Waals surface area contributed by atoms with E-state index in [0.29, 0.717) is 11.8 Å². The fraction of sp³-hybridized carbons (Fsp3) is 0.750. The number of imidazole rings is 1. The van der Waals surface area contributed by atoms with Gasteiger partial charge in [0.2, 0.25) is 0 Å². The molecule has 1 aliphatic heterocycles. The van der Waals surface area contributed by atoms with E-state index in [0.717, 1.165) is 26.1 Å². The molecule has 118 valence electrons. The van der Waals surface area contributed by atoms with Gasteiger partial charge in [0.15, 0.2) is 0 Å². The van der Waals surface area contributed by atoms with Gasteiger partial charge in [0.1, 0.15) is 5.60 Å². The number of carbonyl (C=O) groups is 1. The van der Waals surface area contributed by atoms with Gasteiger partial charge in [0.25, 0.3) is 0 Å². The molecular formula is C16H27N3O2. The van der Waals surface area contributed by atoms with Gasteiger partial charge in [-0.25, -0.2) is 9.78 Å². The van der Waals surface area contributed by atoms with Gasteiger partial charge in [-0.3, -0.25) is 0 Å². The first-order chi connectivity index (χ1) is 9.76. The van der Waals surface area contributed by atoms with Crippen LogP contribution in [0.5, 0.6) is 0 Å². The zero-order valence-electron chi connectivity index (χ0n) is 13.8. The van der Waals surface area contributed by atoms with Crippen molar-refractivity contribution in [3.05, 3.63) is 18.2 Å². The van der Waals surface area contributed by atoms with Gasteiger partial charge < -0.3 is 14.2 Å². The first-order valence-electron chi connectivity index (χ1n) is 7.74. The summed E-state index contributed by atoms with van der Waals surface area (Å²) in [5.74, 6) is 1.06. The molecule has 1 aromatic rings. The molecule has 5 heteroatoms. The lowest BCUT2D eigenvalue weighted by atomic mass is 9.97. The predicted octanol–water partition coefficient (Wildman–Crippen LogP) is 3.26. The second-order valence-corrected chi connectivity index (χ2v) is 7.28. The molecule has 0 saturated carbocycles. The number of hydrogen-bond acceptors (Lipinski definition) is 3. The number of amides is 1. The summed E-state index contributed by atoms with van der Waals surface area (Å²) in [4.78, 5) is 18.0. The molecule has 0 atom stereocenters. The van der Waals surface area contributed by atoms with E-state index < -0.39 is 5.60 Å². The van der Waals surface area contributed by atoms with E-state index in [9.17, 15) is 4.79 Å². The number of nitrogens with zero attached hydrogens (tertiary/aromatic N) is 3. The Bertz CT molecular complexity index is 482. The lowest BCUT2D eigenvalue weighted by molar-refractivity contribution is 0.00757. The molecule has 1 fully saturated rings. The van der Waals surface area contributed by atoms with Crippen LogP contribution in [0.3, 0.4) is 0 Å². The van der Waals surface area contributed by atoms with Crippen LogP contribution in [0.25, 0.3) is 0 Å². The van der Waals surface area contributed by atoms with E-state index in [-0.39, 0.29) is 6.09 Å². The van der Waals surface area contributed by atoms with E-state index >= 15 is 0 Å². The monoisotopic (exact) mass is 293 g/mol. The summed E-state index contributed by atoms with van der Waals surface area (Å²) in [6, 6.07) is 0. The van der Waals surface area contributed by atoms with E-state index in [4.69, 9.17) is 4.74 Å². The molecule has 0 spiro atoms. The van der Waals surface area contributed by atoms with Gasteiger partial charge in [-0.1, -0.05) is 13.8 Å². The number of likely N-dealkylation sites (tertiary alicyclic amines) is 1. The minimum absolute atomic E-state index is 0.216. The SMILES string of the molecule is CC(C)CCn1cncc1C1CN(C(=O)OC(C)(C)C)C1. The molecule has 0 radical (unpaired) electrons. The van der Waals surface area contributed by atoms with E-state index in [1.165, 1.54) is 5.69 Å². The Morgan fingerprint density at radius 1 is 1.43 bits per heavy atom. The summed E-state index contributed by atoms with van der Waals surface area (Å²) < 4.78 is 7.60. The zero-order chi connectivity index (χ0) is 15.6. The first-order valence-corrected chi connectivity index (χ1v) is 7.74. The third-order valence-corrected chi connectivity index (χ3v) is 3.64. The van der Waals surface area contributed by atoms with Gasteiger partial charge >= 0.3 is 6.09 Å². The fourth-order valence-corrected chi connectivity index (χ4v) is 2.40. The average molecular weight is 293 g/mol. The Kier molecular flexibility index (Phi) is 4.59. The second kappa shape index (κ2) is 6.08. The minimum atomic E-state index is -0.429. The average Bonchev–Trinajstić information content (AvgIpc) is 2.69. The Morgan fingerprint density at radius 2 is 2.10 bits per heavy atom. The fourth-order valence-electron chi connectivity index (χ4n) is 2.40. The topological polar surface area (TPSA) is 47.4 Å². The Morgan fingerprint density at radius 3 is 2.67 bits per heavy atom. The normalized spacial score (nSPS) is 16.2. The third-order valence-electron chi connectivity index (χ3n) is 3.64. The third kappa shape index (κ3) is 4.22. The van der Waals surface area contributed by atoms with Crippen molar-refractivity contribution >= 4 is 6.09 Å². The van der Waals surface area contributed by atoms with Crippen LogP contribution in [-0.2, 0) is 11.3 Å². The van der Waals surface area contributed by atoms with Crippen LogP contribution >= 0.6 is 0 Å². The molecule has 0 aliphatic carbocycles. The highest BCUT2D eigenvalue weighted by Crippen LogP contribution is 2.28. The molecule has 1 saturated heterocycles. The smallest absolute Gasteiger partial charge is 0.410 e. The van der Waals surface area contributed by atoms with Crippen molar-refractivity contribution < 1.29 is 9.53 Å². The van der Waals surface area contributed by atoms with Gasteiger partial charge in [-0.2, -0.15) is 0 Å². The van der Waals surface area contributed by atoms with Crippen molar-refractivity contribution in [1.82, 2.24) is 14.5 Å². The van der Waals surface area contributed by atoms with Crippen molar-refractivity contribution in [2.75, 3.05) is 13.1 Å². The molecule has 0 N–H and O–H groups in total. The van der Waals surface area contributed by atoms with Crippen molar-refractivity contribution in [2.45, 2.75) is 59.1 Å². The van der Waals surface area contributed by atoms with Crippen LogP contribution in [0.1, 0.15) is 52.7 Å². The van der Waals surface area contributed by atoms with Gasteiger partial charge in [0, 0.05) is 37.4 Å². The molecule has 0 aromatic carbocycles. The maximum Gasteiger partial charge on any atom is 0.410 e. The van der Waals surface area contributed by atoms with E-state index in [1.54, 1.807) is 4.90 Å².